The molecule has 0 radical (unpaired) electrons. The summed E-state index contributed by atoms with van der Waals surface area (Å²) in [5.74, 6) is 0.162. The molecular weight excluding hydrogens is 265 g/mol. The minimum Gasteiger partial charge on any atom is -0.294 e. The van der Waals surface area contributed by atoms with Gasteiger partial charge < -0.3 is 0 Å². The van der Waals surface area contributed by atoms with Crippen LogP contribution in [0.15, 0.2) is 22.7 Å². The highest BCUT2D eigenvalue weighted by atomic mass is 79.9. The molecule has 0 N–H and O–H groups in total. The molecule has 0 aliphatic carbocycles. The maximum atomic E-state index is 11.6. The summed E-state index contributed by atoms with van der Waals surface area (Å²) in [5.41, 5.74) is 0.810. The van der Waals surface area contributed by atoms with Crippen molar-refractivity contribution in [1.29, 1.82) is 5.26 Å². The highest BCUT2D eigenvalue weighted by molar-refractivity contribution is 9.10. The molecule has 0 unspecified atom stereocenters. The molecule has 0 spiro atoms. The molecule has 0 aliphatic heterocycles. The third-order valence-electron chi connectivity index (χ3n) is 1.73. The normalized spacial score (nSPS) is 9.50. The number of benzene rings is 1. The first-order chi connectivity index (χ1) is 6.70. The van der Waals surface area contributed by atoms with Crippen LogP contribution in [0.1, 0.15) is 22.3 Å². The van der Waals surface area contributed by atoms with E-state index in [2.05, 4.69) is 15.9 Å². The van der Waals surface area contributed by atoms with Crippen LogP contribution in [-0.2, 0) is 0 Å². The van der Waals surface area contributed by atoms with Crippen molar-refractivity contribution in [3.63, 3.8) is 0 Å². The van der Waals surface area contributed by atoms with E-state index in [9.17, 15) is 4.79 Å². The topological polar surface area (TPSA) is 40.9 Å². The molecule has 1 aromatic rings. The van der Waals surface area contributed by atoms with Gasteiger partial charge >= 0.3 is 0 Å². The molecule has 4 heteroatoms. The lowest BCUT2D eigenvalue weighted by Gasteiger charge is -2.03. The molecule has 0 aliphatic rings. The molecule has 0 amide bonds. The van der Waals surface area contributed by atoms with Crippen molar-refractivity contribution in [3.05, 3.63) is 33.8 Å². The average molecular weight is 273 g/mol. The number of Topliss-reactive ketones (excluding diaryl/α,β-unsaturated/α-hetero) is 1. The zero-order valence-corrected chi connectivity index (χ0v) is 9.60. The Morgan fingerprint density at radius 1 is 1.57 bits per heavy atom. The Kier molecular flexibility index (Phi) is 4.12. The van der Waals surface area contributed by atoms with E-state index >= 15 is 0 Å². The Hall–Kier alpha value is -0.850. The number of nitrogens with zero attached hydrogens (tertiary/aromatic N) is 1. The first kappa shape index (κ1) is 11.2. The van der Waals surface area contributed by atoms with Crippen molar-refractivity contribution >= 4 is 33.3 Å². The molecule has 0 heterocycles. The number of ketones is 1. The van der Waals surface area contributed by atoms with Crippen LogP contribution in [0.2, 0.25) is 0 Å². The van der Waals surface area contributed by atoms with Gasteiger partial charge in [-0.05, 0) is 12.1 Å². The predicted octanol–water partition coefficient (Wildman–Crippen LogP) is 3.13. The second kappa shape index (κ2) is 5.14. The lowest BCUT2D eigenvalue weighted by Crippen LogP contribution is -2.03. The van der Waals surface area contributed by atoms with Crippen LogP contribution in [-0.4, -0.2) is 11.7 Å². The van der Waals surface area contributed by atoms with Crippen molar-refractivity contribution in [2.24, 2.45) is 0 Å². The van der Waals surface area contributed by atoms with Gasteiger partial charge in [0, 0.05) is 22.3 Å². The summed E-state index contributed by atoms with van der Waals surface area (Å²) in [4.78, 5) is 11.6. The first-order valence-electron chi connectivity index (χ1n) is 3.98. The molecule has 72 valence electrons. The fourth-order valence-corrected chi connectivity index (χ4v) is 1.87. The monoisotopic (exact) mass is 271 g/mol. The van der Waals surface area contributed by atoms with E-state index in [1.165, 1.54) is 0 Å². The van der Waals surface area contributed by atoms with Crippen LogP contribution in [0.5, 0.6) is 0 Å². The minimum atomic E-state index is -0.107. The Balaban J connectivity index is 3.18. The van der Waals surface area contributed by atoms with Gasteiger partial charge in [0.2, 0.25) is 0 Å². The zero-order chi connectivity index (χ0) is 10.6. The molecule has 0 saturated heterocycles. The van der Waals surface area contributed by atoms with Crippen molar-refractivity contribution in [2.75, 3.05) is 5.88 Å². The van der Waals surface area contributed by atoms with Crippen LogP contribution in [0.25, 0.3) is 0 Å². The quantitative estimate of drug-likeness (QED) is 0.626. The fourth-order valence-electron chi connectivity index (χ4n) is 1.11. The molecule has 0 fully saturated rings. The van der Waals surface area contributed by atoms with Gasteiger partial charge in [0.15, 0.2) is 5.78 Å². The van der Waals surface area contributed by atoms with Crippen LogP contribution >= 0.6 is 27.5 Å². The predicted molar refractivity (Wildman–Crippen MR) is 58.5 cm³/mol. The highest BCUT2D eigenvalue weighted by Crippen LogP contribution is 2.21. The number of rotatable bonds is 3. The summed E-state index contributed by atoms with van der Waals surface area (Å²) in [6, 6.07) is 7.06. The van der Waals surface area contributed by atoms with Crippen molar-refractivity contribution < 1.29 is 4.79 Å². The van der Waals surface area contributed by atoms with E-state index in [0.717, 1.165) is 0 Å². The highest BCUT2D eigenvalue weighted by Gasteiger charge is 2.13. The van der Waals surface area contributed by atoms with Crippen molar-refractivity contribution in [2.45, 2.75) is 6.42 Å². The second-order valence-electron chi connectivity index (χ2n) is 2.64. The minimum absolute atomic E-state index is 0.107. The summed E-state index contributed by atoms with van der Waals surface area (Å²) in [6.45, 7) is 0. The third kappa shape index (κ3) is 2.34. The number of nitriles is 1. The number of alkyl halides is 1. The van der Waals surface area contributed by atoms with E-state index in [1.54, 1.807) is 18.2 Å². The van der Waals surface area contributed by atoms with E-state index in [0.29, 0.717) is 15.6 Å². The number of carbonyl (C=O) groups excluding carboxylic acids is 1. The number of halogens is 2. The number of carbonyl (C=O) groups is 1. The van der Waals surface area contributed by atoms with Crippen LogP contribution < -0.4 is 0 Å². The van der Waals surface area contributed by atoms with Crippen LogP contribution in [0.4, 0.5) is 0 Å². The summed E-state index contributed by atoms with van der Waals surface area (Å²) in [5, 5.41) is 8.80. The van der Waals surface area contributed by atoms with E-state index < -0.39 is 0 Å². The standard InChI is InChI=1S/C10H7BrClNO/c11-8-3-1-2-7(6-13)10(8)9(14)4-5-12/h1-3H,4-5H2. The smallest absolute Gasteiger partial charge is 0.166 e. The fraction of sp³-hybridized carbons (Fsp3) is 0.200. The SMILES string of the molecule is N#Cc1cccc(Br)c1C(=O)CCCl. The molecule has 0 saturated carbocycles. The Morgan fingerprint density at radius 3 is 2.86 bits per heavy atom. The Bertz CT molecular complexity index is 398. The summed E-state index contributed by atoms with van der Waals surface area (Å²) < 4.78 is 0.645. The van der Waals surface area contributed by atoms with Gasteiger partial charge in [-0.1, -0.05) is 22.0 Å². The van der Waals surface area contributed by atoms with Gasteiger partial charge in [0.25, 0.3) is 0 Å². The van der Waals surface area contributed by atoms with E-state index in [-0.39, 0.29) is 18.1 Å². The Labute approximate surface area is 95.6 Å². The summed E-state index contributed by atoms with van der Waals surface area (Å²) in [6.07, 6.45) is 0.249. The lowest BCUT2D eigenvalue weighted by molar-refractivity contribution is 0.0988. The molecule has 2 nitrogen and oxygen atoms in total. The number of hydrogen-bond acceptors (Lipinski definition) is 2. The van der Waals surface area contributed by atoms with Gasteiger partial charge in [0.05, 0.1) is 11.6 Å². The summed E-state index contributed by atoms with van der Waals surface area (Å²) in [7, 11) is 0. The zero-order valence-electron chi connectivity index (χ0n) is 7.26. The maximum Gasteiger partial charge on any atom is 0.166 e. The van der Waals surface area contributed by atoms with Crippen LogP contribution in [0.3, 0.4) is 0 Å². The largest absolute Gasteiger partial charge is 0.294 e. The first-order valence-corrected chi connectivity index (χ1v) is 5.31. The van der Waals surface area contributed by atoms with Gasteiger partial charge in [-0.25, -0.2) is 0 Å². The van der Waals surface area contributed by atoms with Gasteiger partial charge in [0.1, 0.15) is 0 Å². The van der Waals surface area contributed by atoms with Crippen molar-refractivity contribution in [1.82, 2.24) is 0 Å². The Morgan fingerprint density at radius 2 is 2.29 bits per heavy atom. The third-order valence-corrected chi connectivity index (χ3v) is 2.58. The maximum absolute atomic E-state index is 11.6. The van der Waals surface area contributed by atoms with Gasteiger partial charge in [-0.3, -0.25) is 4.79 Å². The molecule has 0 bridgehead atoms. The number of hydrogen-bond donors (Lipinski definition) is 0. The average Bonchev–Trinajstić information content (AvgIpc) is 2.17. The molecule has 14 heavy (non-hydrogen) atoms. The van der Waals surface area contributed by atoms with E-state index in [1.807, 2.05) is 6.07 Å². The van der Waals surface area contributed by atoms with Crippen molar-refractivity contribution in [3.8, 4) is 6.07 Å². The second-order valence-corrected chi connectivity index (χ2v) is 3.87. The van der Waals surface area contributed by atoms with E-state index in [4.69, 9.17) is 16.9 Å². The summed E-state index contributed by atoms with van der Waals surface area (Å²) >= 11 is 8.72. The molecule has 0 atom stereocenters. The molecular formula is C10H7BrClNO. The molecule has 1 rings (SSSR count). The van der Waals surface area contributed by atoms with Crippen LogP contribution in [0, 0.1) is 11.3 Å². The van der Waals surface area contributed by atoms with Gasteiger partial charge in [-0.2, -0.15) is 5.26 Å². The van der Waals surface area contributed by atoms with Gasteiger partial charge in [-0.15, -0.1) is 11.6 Å². The molecule has 0 aromatic heterocycles. The molecule has 1 aromatic carbocycles. The lowest BCUT2D eigenvalue weighted by atomic mass is 10.0.